The van der Waals surface area contributed by atoms with Crippen molar-refractivity contribution in [3.63, 3.8) is 0 Å². The summed E-state index contributed by atoms with van der Waals surface area (Å²) in [4.78, 5) is 17.3. The smallest absolute Gasteiger partial charge is 0.252 e. The summed E-state index contributed by atoms with van der Waals surface area (Å²) in [7, 11) is -3.68. The zero-order valence-electron chi connectivity index (χ0n) is 16.9. The number of carbonyl (C=O) groups excluding carboxylic acids is 1. The molecule has 1 amide bonds. The number of hydrogen-bond donors (Lipinski definition) is 2. The van der Waals surface area contributed by atoms with E-state index in [2.05, 4.69) is 26.8 Å². The third kappa shape index (κ3) is 6.70. The standard InChI is InChI=1S/C19H31ClN4O3S/c1-4-23-10-12-24(13-11-23)9-5-8-21-19(25)17-14-16(6-7-18(17)20)28(26,27)22-15(2)3/h6-7,14-15,22H,4-5,8-13H2,1-3H3,(H,21,25). The zero-order valence-corrected chi connectivity index (χ0v) is 18.4. The topological polar surface area (TPSA) is 81.8 Å². The molecule has 1 aliphatic heterocycles. The van der Waals surface area contributed by atoms with Gasteiger partial charge in [0.05, 0.1) is 15.5 Å². The molecule has 1 aromatic carbocycles. The summed E-state index contributed by atoms with van der Waals surface area (Å²) in [6, 6.07) is 3.93. The van der Waals surface area contributed by atoms with Gasteiger partial charge >= 0.3 is 0 Å². The molecule has 1 aliphatic rings. The fourth-order valence-corrected chi connectivity index (χ4v) is 4.63. The monoisotopic (exact) mass is 430 g/mol. The molecular formula is C19H31ClN4O3S. The van der Waals surface area contributed by atoms with Crippen molar-refractivity contribution in [2.24, 2.45) is 0 Å². The second-order valence-electron chi connectivity index (χ2n) is 7.30. The van der Waals surface area contributed by atoms with Gasteiger partial charge in [0.15, 0.2) is 0 Å². The van der Waals surface area contributed by atoms with Crippen LogP contribution in [0.15, 0.2) is 23.1 Å². The number of rotatable bonds is 9. The number of halogens is 1. The molecule has 0 unspecified atom stereocenters. The van der Waals surface area contributed by atoms with Crippen molar-refractivity contribution < 1.29 is 13.2 Å². The van der Waals surface area contributed by atoms with Gasteiger partial charge in [-0.25, -0.2) is 13.1 Å². The van der Waals surface area contributed by atoms with Crippen LogP contribution in [0.2, 0.25) is 5.02 Å². The quantitative estimate of drug-likeness (QED) is 0.583. The molecule has 0 spiro atoms. The minimum atomic E-state index is -3.68. The maximum absolute atomic E-state index is 12.5. The second-order valence-corrected chi connectivity index (χ2v) is 9.42. The Bertz CT molecular complexity index is 762. The lowest BCUT2D eigenvalue weighted by molar-refractivity contribution is 0.0948. The number of amides is 1. The molecule has 0 aromatic heterocycles. The van der Waals surface area contributed by atoms with Gasteiger partial charge in [-0.2, -0.15) is 0 Å². The van der Waals surface area contributed by atoms with Gasteiger partial charge in [-0.15, -0.1) is 0 Å². The second kappa shape index (κ2) is 10.5. The van der Waals surface area contributed by atoms with Crippen molar-refractivity contribution in [2.75, 3.05) is 45.8 Å². The summed E-state index contributed by atoms with van der Waals surface area (Å²) in [6.07, 6.45) is 0.836. The van der Waals surface area contributed by atoms with Crippen LogP contribution in [0, 0.1) is 0 Å². The predicted octanol–water partition coefficient (Wildman–Crippen LogP) is 1.78. The molecule has 1 aromatic rings. The van der Waals surface area contributed by atoms with Gasteiger partial charge in [0.1, 0.15) is 0 Å². The maximum Gasteiger partial charge on any atom is 0.252 e. The van der Waals surface area contributed by atoms with E-state index in [9.17, 15) is 13.2 Å². The molecule has 0 atom stereocenters. The van der Waals surface area contributed by atoms with Crippen LogP contribution in [0.3, 0.4) is 0 Å². The average Bonchev–Trinajstić information content (AvgIpc) is 2.64. The van der Waals surface area contributed by atoms with Crippen LogP contribution >= 0.6 is 11.6 Å². The van der Waals surface area contributed by atoms with Crippen molar-refractivity contribution >= 4 is 27.5 Å². The number of likely N-dealkylation sites (N-methyl/N-ethyl adjacent to an activating group) is 1. The molecule has 9 heteroatoms. The summed E-state index contributed by atoms with van der Waals surface area (Å²) in [6.45, 7) is 12.5. The Labute approximate surface area is 173 Å². The van der Waals surface area contributed by atoms with Gasteiger partial charge in [-0.1, -0.05) is 18.5 Å². The Morgan fingerprint density at radius 3 is 2.43 bits per heavy atom. The summed E-state index contributed by atoms with van der Waals surface area (Å²) in [5.41, 5.74) is 0.171. The first-order valence-corrected chi connectivity index (χ1v) is 11.6. The van der Waals surface area contributed by atoms with Crippen molar-refractivity contribution in [3.8, 4) is 0 Å². The van der Waals surface area contributed by atoms with Crippen LogP contribution in [0.4, 0.5) is 0 Å². The fraction of sp³-hybridized carbons (Fsp3) is 0.632. The van der Waals surface area contributed by atoms with Crippen LogP contribution in [0.5, 0.6) is 0 Å². The lowest BCUT2D eigenvalue weighted by Gasteiger charge is -2.33. The molecule has 1 fully saturated rings. The zero-order chi connectivity index (χ0) is 20.7. The van der Waals surface area contributed by atoms with Crippen molar-refractivity contribution in [1.82, 2.24) is 19.8 Å². The van der Waals surface area contributed by atoms with Crippen molar-refractivity contribution in [3.05, 3.63) is 28.8 Å². The Kier molecular flexibility index (Phi) is 8.70. The van der Waals surface area contributed by atoms with Crippen molar-refractivity contribution in [2.45, 2.75) is 38.1 Å². The lowest BCUT2D eigenvalue weighted by atomic mass is 10.2. The molecule has 0 aliphatic carbocycles. The van der Waals surface area contributed by atoms with Crippen LogP contribution in [0.1, 0.15) is 37.6 Å². The first-order chi connectivity index (χ1) is 13.2. The lowest BCUT2D eigenvalue weighted by Crippen LogP contribution is -2.46. The average molecular weight is 431 g/mol. The van der Waals surface area contributed by atoms with E-state index in [1.54, 1.807) is 13.8 Å². The highest BCUT2D eigenvalue weighted by Crippen LogP contribution is 2.20. The fourth-order valence-electron chi connectivity index (χ4n) is 3.15. The SMILES string of the molecule is CCN1CCN(CCCNC(=O)c2cc(S(=O)(=O)NC(C)C)ccc2Cl)CC1. The highest BCUT2D eigenvalue weighted by atomic mass is 35.5. The van der Waals surface area contributed by atoms with E-state index in [0.29, 0.717) is 6.54 Å². The summed E-state index contributed by atoms with van der Waals surface area (Å²) in [5, 5.41) is 3.08. The number of carbonyl (C=O) groups is 1. The van der Waals surface area contributed by atoms with Gasteiger partial charge in [0, 0.05) is 38.8 Å². The minimum absolute atomic E-state index is 0.0320. The molecule has 28 heavy (non-hydrogen) atoms. The predicted molar refractivity (Wildman–Crippen MR) is 112 cm³/mol. The summed E-state index contributed by atoms with van der Waals surface area (Å²) in [5.74, 6) is -0.359. The van der Waals surface area contributed by atoms with Crippen molar-refractivity contribution in [1.29, 1.82) is 0 Å². The summed E-state index contributed by atoms with van der Waals surface area (Å²) < 4.78 is 27.1. The van der Waals surface area contributed by atoms with E-state index in [0.717, 1.165) is 45.7 Å². The van der Waals surface area contributed by atoms with Crippen LogP contribution < -0.4 is 10.0 Å². The highest BCUT2D eigenvalue weighted by Gasteiger charge is 2.20. The molecule has 0 radical (unpaired) electrons. The largest absolute Gasteiger partial charge is 0.352 e. The number of nitrogens with one attached hydrogen (secondary N) is 2. The number of piperazine rings is 1. The molecule has 1 heterocycles. The molecule has 2 rings (SSSR count). The normalized spacial score (nSPS) is 16.5. The minimum Gasteiger partial charge on any atom is -0.352 e. The molecule has 1 saturated heterocycles. The van der Waals surface area contributed by atoms with E-state index in [1.165, 1.54) is 18.2 Å². The van der Waals surface area contributed by atoms with E-state index in [-0.39, 0.29) is 27.4 Å². The Balaban J connectivity index is 1.87. The van der Waals surface area contributed by atoms with E-state index in [4.69, 9.17) is 11.6 Å². The number of nitrogens with zero attached hydrogens (tertiary/aromatic N) is 2. The van der Waals surface area contributed by atoms with E-state index >= 15 is 0 Å². The van der Waals surface area contributed by atoms with Gasteiger partial charge in [0.25, 0.3) is 5.91 Å². The Morgan fingerprint density at radius 1 is 1.18 bits per heavy atom. The van der Waals surface area contributed by atoms with Gasteiger partial charge in [0.2, 0.25) is 10.0 Å². The first-order valence-electron chi connectivity index (χ1n) is 9.77. The Morgan fingerprint density at radius 2 is 1.82 bits per heavy atom. The molecule has 7 nitrogen and oxygen atoms in total. The molecule has 0 saturated carbocycles. The number of hydrogen-bond acceptors (Lipinski definition) is 5. The third-order valence-corrected chi connectivity index (χ3v) is 6.72. The van der Waals surface area contributed by atoms with E-state index < -0.39 is 10.0 Å². The van der Waals surface area contributed by atoms with Gasteiger partial charge in [-0.05, 0) is 51.6 Å². The molecule has 158 valence electrons. The van der Waals surface area contributed by atoms with Crippen LogP contribution in [-0.4, -0.2) is 76.0 Å². The number of benzene rings is 1. The Hall–Kier alpha value is -1.19. The molecule has 2 N–H and O–H groups in total. The van der Waals surface area contributed by atoms with Crippen LogP contribution in [0.25, 0.3) is 0 Å². The summed E-state index contributed by atoms with van der Waals surface area (Å²) >= 11 is 6.12. The number of sulfonamides is 1. The first kappa shape index (κ1) is 23.1. The highest BCUT2D eigenvalue weighted by molar-refractivity contribution is 7.89. The van der Waals surface area contributed by atoms with E-state index in [1.807, 2.05) is 0 Å². The third-order valence-electron chi connectivity index (χ3n) is 4.73. The van der Waals surface area contributed by atoms with Crippen LogP contribution in [-0.2, 0) is 10.0 Å². The molecular weight excluding hydrogens is 400 g/mol. The van der Waals surface area contributed by atoms with Gasteiger partial charge in [-0.3, -0.25) is 4.79 Å². The molecule has 0 bridgehead atoms. The maximum atomic E-state index is 12.5. The van der Waals surface area contributed by atoms with Gasteiger partial charge < -0.3 is 15.1 Å².